The zero-order valence-electron chi connectivity index (χ0n) is 22.2. The van der Waals surface area contributed by atoms with Crippen molar-refractivity contribution in [2.45, 2.75) is 80.8 Å². The van der Waals surface area contributed by atoms with Gasteiger partial charge in [0.2, 0.25) is 0 Å². The molecule has 2 rings (SSSR count). The highest BCUT2D eigenvalue weighted by atomic mass is 16.6. The van der Waals surface area contributed by atoms with E-state index in [0.717, 1.165) is 37.0 Å². The lowest BCUT2D eigenvalue weighted by Gasteiger charge is -2.27. The molecular formula is C26H45N3O3. The molecular weight excluding hydrogens is 402 g/mol. The number of ether oxygens (including phenoxy) is 1. The Morgan fingerprint density at radius 1 is 0.906 bits per heavy atom. The lowest BCUT2D eigenvalue weighted by molar-refractivity contribution is 0.0284. The summed E-state index contributed by atoms with van der Waals surface area (Å²) < 4.78 is 11.0. The summed E-state index contributed by atoms with van der Waals surface area (Å²) in [4.78, 5) is 19.8. The molecule has 1 aromatic carbocycles. The fourth-order valence-corrected chi connectivity index (χ4v) is 2.56. The number of rotatable bonds is 5. The Hall–Kier alpha value is -2.24. The Labute approximate surface area is 195 Å². The molecule has 0 saturated heterocycles. The van der Waals surface area contributed by atoms with Crippen molar-refractivity contribution < 1.29 is 13.9 Å². The Morgan fingerprint density at radius 2 is 1.44 bits per heavy atom. The van der Waals surface area contributed by atoms with Gasteiger partial charge < -0.3 is 19.0 Å². The Morgan fingerprint density at radius 3 is 1.94 bits per heavy atom. The van der Waals surface area contributed by atoms with E-state index in [1.165, 1.54) is 0 Å². The largest absolute Gasteiger partial charge is 0.444 e. The van der Waals surface area contributed by atoms with Crippen molar-refractivity contribution in [1.29, 1.82) is 0 Å². The molecule has 0 aliphatic carbocycles. The molecule has 0 bridgehead atoms. The van der Waals surface area contributed by atoms with E-state index in [4.69, 9.17) is 9.15 Å². The number of carbonyl (C=O) groups is 1. The second kappa shape index (κ2) is 11.1. The number of nitrogens with zero attached hydrogens (tertiary/aromatic N) is 3. The van der Waals surface area contributed by atoms with Crippen LogP contribution in [0.2, 0.25) is 0 Å². The van der Waals surface area contributed by atoms with Crippen molar-refractivity contribution in [2.24, 2.45) is 10.8 Å². The summed E-state index contributed by atoms with van der Waals surface area (Å²) in [6, 6.07) is 8.56. The molecule has 0 atom stereocenters. The topological polar surface area (TPSA) is 58.8 Å². The lowest BCUT2D eigenvalue weighted by atomic mass is 9.92. The first-order valence-corrected chi connectivity index (χ1v) is 11.5. The van der Waals surface area contributed by atoms with Crippen LogP contribution in [0.1, 0.15) is 75.2 Å². The van der Waals surface area contributed by atoms with Crippen LogP contribution in [0.3, 0.4) is 0 Å². The molecule has 1 heterocycles. The predicted molar refractivity (Wildman–Crippen MR) is 134 cm³/mol. The van der Waals surface area contributed by atoms with Gasteiger partial charge in [0, 0.05) is 27.2 Å². The first kappa shape index (κ1) is 27.8. The summed E-state index contributed by atoms with van der Waals surface area (Å²) in [6.45, 7) is 20.5. The first-order chi connectivity index (χ1) is 14.5. The molecule has 0 fully saturated rings. The van der Waals surface area contributed by atoms with E-state index in [-0.39, 0.29) is 11.5 Å². The highest BCUT2D eigenvalue weighted by Gasteiger charge is 2.21. The van der Waals surface area contributed by atoms with E-state index >= 15 is 0 Å². The van der Waals surface area contributed by atoms with Crippen LogP contribution in [0, 0.1) is 10.8 Å². The van der Waals surface area contributed by atoms with Gasteiger partial charge in [-0.25, -0.2) is 4.79 Å². The average Bonchev–Trinajstić information content (AvgIpc) is 3.06. The molecule has 2 aromatic rings. The quantitative estimate of drug-likeness (QED) is 0.494. The smallest absolute Gasteiger partial charge is 0.410 e. The van der Waals surface area contributed by atoms with Gasteiger partial charge in [0.25, 0.3) is 6.01 Å². The van der Waals surface area contributed by atoms with Gasteiger partial charge in [-0.1, -0.05) is 53.7 Å². The molecule has 1 amide bonds. The highest BCUT2D eigenvalue weighted by Crippen LogP contribution is 2.24. The van der Waals surface area contributed by atoms with Crippen LogP contribution in [0.4, 0.5) is 10.8 Å². The van der Waals surface area contributed by atoms with Crippen molar-refractivity contribution in [2.75, 3.05) is 32.1 Å². The molecule has 32 heavy (non-hydrogen) atoms. The number of fused-ring (bicyclic) bond motifs is 1. The number of hydrogen-bond donors (Lipinski definition) is 0. The fraction of sp³-hybridized carbons (Fsp3) is 0.692. The molecule has 6 nitrogen and oxygen atoms in total. The van der Waals surface area contributed by atoms with E-state index in [1.807, 2.05) is 52.1 Å². The fourth-order valence-electron chi connectivity index (χ4n) is 2.56. The minimum atomic E-state index is -0.410. The van der Waals surface area contributed by atoms with Gasteiger partial charge in [0.15, 0.2) is 5.58 Å². The zero-order chi connectivity index (χ0) is 24.7. The van der Waals surface area contributed by atoms with Crippen molar-refractivity contribution in [3.05, 3.63) is 24.3 Å². The SMILES string of the molecule is CN(CCC(C)(C)C)C(=O)OC(C)(C)C.CN(CCC(C)(C)C)c1nc2ccccc2o1. The van der Waals surface area contributed by atoms with Gasteiger partial charge in [0.05, 0.1) is 0 Å². The van der Waals surface area contributed by atoms with E-state index in [0.29, 0.717) is 11.4 Å². The van der Waals surface area contributed by atoms with Crippen LogP contribution >= 0.6 is 0 Å². The molecule has 0 N–H and O–H groups in total. The Balaban J connectivity index is 0.000000324. The Kier molecular flexibility index (Phi) is 9.61. The van der Waals surface area contributed by atoms with Gasteiger partial charge in [-0.2, -0.15) is 4.98 Å². The molecule has 0 unspecified atom stereocenters. The molecule has 182 valence electrons. The maximum absolute atomic E-state index is 11.6. The molecule has 0 radical (unpaired) electrons. The van der Waals surface area contributed by atoms with Crippen LogP contribution in [0.15, 0.2) is 28.7 Å². The molecule has 6 heteroatoms. The summed E-state index contributed by atoms with van der Waals surface area (Å²) in [7, 11) is 3.80. The van der Waals surface area contributed by atoms with Gasteiger partial charge in [-0.3, -0.25) is 0 Å². The molecule has 0 saturated carbocycles. The van der Waals surface area contributed by atoms with Gasteiger partial charge in [-0.15, -0.1) is 0 Å². The number of para-hydroxylation sites is 2. The van der Waals surface area contributed by atoms with Crippen molar-refractivity contribution in [3.63, 3.8) is 0 Å². The highest BCUT2D eigenvalue weighted by molar-refractivity contribution is 5.74. The summed E-state index contributed by atoms with van der Waals surface area (Å²) in [5.41, 5.74) is 1.94. The van der Waals surface area contributed by atoms with Crippen LogP contribution in [0.25, 0.3) is 11.1 Å². The number of amides is 1. The molecule has 0 aliphatic heterocycles. The molecule has 1 aromatic heterocycles. The van der Waals surface area contributed by atoms with Crippen LogP contribution in [-0.2, 0) is 4.74 Å². The molecule has 0 spiro atoms. The summed E-state index contributed by atoms with van der Waals surface area (Å²) in [5, 5.41) is 0. The van der Waals surface area contributed by atoms with E-state index in [1.54, 1.807) is 11.9 Å². The number of aromatic nitrogens is 1. The maximum atomic E-state index is 11.6. The van der Waals surface area contributed by atoms with Gasteiger partial charge in [0.1, 0.15) is 11.1 Å². The monoisotopic (exact) mass is 447 g/mol. The van der Waals surface area contributed by atoms with Gasteiger partial charge in [-0.05, 0) is 56.6 Å². The van der Waals surface area contributed by atoms with E-state index in [2.05, 4.69) is 51.4 Å². The third-order valence-corrected chi connectivity index (χ3v) is 4.71. The normalized spacial score (nSPS) is 12.2. The average molecular weight is 448 g/mol. The third-order valence-electron chi connectivity index (χ3n) is 4.71. The van der Waals surface area contributed by atoms with Crippen molar-refractivity contribution in [1.82, 2.24) is 9.88 Å². The second-order valence-corrected chi connectivity index (χ2v) is 11.9. The number of hydrogen-bond acceptors (Lipinski definition) is 5. The van der Waals surface area contributed by atoms with Crippen LogP contribution in [0.5, 0.6) is 0 Å². The summed E-state index contributed by atoms with van der Waals surface area (Å²) in [5.74, 6) is 0. The minimum absolute atomic E-state index is 0.244. The van der Waals surface area contributed by atoms with Crippen molar-refractivity contribution >= 4 is 23.2 Å². The number of oxazole rings is 1. The van der Waals surface area contributed by atoms with Crippen LogP contribution in [-0.4, -0.2) is 48.8 Å². The second-order valence-electron chi connectivity index (χ2n) is 11.9. The number of benzene rings is 1. The Bertz CT molecular complexity index is 805. The number of carbonyl (C=O) groups excluding carboxylic acids is 1. The zero-order valence-corrected chi connectivity index (χ0v) is 22.2. The summed E-state index contributed by atoms with van der Waals surface area (Å²) >= 11 is 0. The van der Waals surface area contributed by atoms with Crippen molar-refractivity contribution in [3.8, 4) is 0 Å². The van der Waals surface area contributed by atoms with Gasteiger partial charge >= 0.3 is 6.09 Å². The maximum Gasteiger partial charge on any atom is 0.410 e. The first-order valence-electron chi connectivity index (χ1n) is 11.5. The standard InChI is InChI=1S/C14H20N2O.C12H25NO2/c1-14(2,3)9-10-16(4)13-15-11-7-5-6-8-12(11)17-13;1-11(2,3)8-9-13(7)10(14)15-12(4,5)6/h5-8H,9-10H2,1-4H3;8-9H2,1-7H3. The molecule has 0 aliphatic rings. The predicted octanol–water partition coefficient (Wildman–Crippen LogP) is 6.99. The van der Waals surface area contributed by atoms with Crippen LogP contribution < -0.4 is 4.90 Å². The minimum Gasteiger partial charge on any atom is -0.444 e. The summed E-state index contributed by atoms with van der Waals surface area (Å²) in [6.07, 6.45) is 1.84. The lowest BCUT2D eigenvalue weighted by Crippen LogP contribution is -2.35. The van der Waals surface area contributed by atoms with E-state index in [9.17, 15) is 4.79 Å². The number of anilines is 1. The van der Waals surface area contributed by atoms with E-state index < -0.39 is 5.60 Å². The third kappa shape index (κ3) is 11.4.